The number of anilines is 2. The van der Waals surface area contributed by atoms with Crippen molar-refractivity contribution in [3.63, 3.8) is 0 Å². The van der Waals surface area contributed by atoms with E-state index < -0.39 is 0 Å². The van der Waals surface area contributed by atoms with Gasteiger partial charge in [0.2, 0.25) is 5.91 Å². The molecule has 0 radical (unpaired) electrons. The average molecular weight is 419 g/mol. The van der Waals surface area contributed by atoms with E-state index in [1.165, 1.54) is 0 Å². The van der Waals surface area contributed by atoms with Crippen LogP contribution < -0.4 is 10.2 Å². The van der Waals surface area contributed by atoms with Gasteiger partial charge in [-0.25, -0.2) is 4.98 Å². The van der Waals surface area contributed by atoms with E-state index in [9.17, 15) is 9.59 Å². The number of benzene rings is 2. The van der Waals surface area contributed by atoms with Gasteiger partial charge in [-0.3, -0.25) is 9.59 Å². The number of carbonyl (C=O) groups excluding carboxylic acids is 2. The number of hydrogen-bond acceptors (Lipinski definition) is 4. The van der Waals surface area contributed by atoms with Crippen LogP contribution >= 0.6 is 11.6 Å². The predicted octanol–water partition coefficient (Wildman–Crippen LogP) is 3.85. The zero-order valence-electron chi connectivity index (χ0n) is 16.1. The minimum atomic E-state index is -0.0917. The number of rotatable bonds is 3. The topological polar surface area (TPSA) is 65.5 Å². The van der Waals surface area contributed by atoms with Crippen LogP contribution in [0.1, 0.15) is 27.0 Å². The number of nitrogens with one attached hydrogen (secondary N) is 1. The van der Waals surface area contributed by atoms with Crippen molar-refractivity contribution in [2.45, 2.75) is 19.6 Å². The second kappa shape index (κ2) is 7.46. The zero-order chi connectivity index (χ0) is 20.7. The summed E-state index contributed by atoms with van der Waals surface area (Å²) in [6.07, 6.45) is 1.58. The Hall–Kier alpha value is -3.38. The first-order valence-electron chi connectivity index (χ1n) is 9.73. The number of carbonyl (C=O) groups is 2. The third-order valence-corrected chi connectivity index (χ3v) is 5.75. The van der Waals surface area contributed by atoms with Gasteiger partial charge in [-0.15, -0.1) is 0 Å². The van der Waals surface area contributed by atoms with Gasteiger partial charge >= 0.3 is 0 Å². The van der Waals surface area contributed by atoms with Crippen LogP contribution in [-0.2, 0) is 24.4 Å². The van der Waals surface area contributed by atoms with Gasteiger partial charge in [0.25, 0.3) is 5.91 Å². The SMILES string of the molecule is O=C(c1cnc2c(c1)N(Cc1ccc(Cl)cc1)C(=O)CN2)N1Cc2ccccc2C1. The van der Waals surface area contributed by atoms with Crippen LogP contribution in [0.5, 0.6) is 0 Å². The lowest BCUT2D eigenvalue weighted by atomic mass is 10.1. The van der Waals surface area contributed by atoms with Gasteiger partial charge < -0.3 is 15.1 Å². The minimum Gasteiger partial charge on any atom is -0.359 e. The van der Waals surface area contributed by atoms with Crippen molar-refractivity contribution in [2.75, 3.05) is 16.8 Å². The number of nitrogens with zero attached hydrogens (tertiary/aromatic N) is 3. The second-order valence-corrected chi connectivity index (χ2v) is 7.92. The van der Waals surface area contributed by atoms with E-state index in [1.54, 1.807) is 34.2 Å². The van der Waals surface area contributed by atoms with Crippen LogP contribution in [-0.4, -0.2) is 28.2 Å². The highest BCUT2D eigenvalue weighted by atomic mass is 35.5. The molecule has 0 aliphatic carbocycles. The number of amides is 2. The lowest BCUT2D eigenvalue weighted by Crippen LogP contribution is -2.40. The fourth-order valence-electron chi connectivity index (χ4n) is 3.91. The molecule has 3 aromatic rings. The summed E-state index contributed by atoms with van der Waals surface area (Å²) >= 11 is 5.97. The highest BCUT2D eigenvalue weighted by Gasteiger charge is 2.29. The summed E-state index contributed by atoms with van der Waals surface area (Å²) in [6, 6.07) is 17.2. The Morgan fingerprint density at radius 2 is 1.77 bits per heavy atom. The fourth-order valence-corrected chi connectivity index (χ4v) is 4.03. The molecule has 0 unspecified atom stereocenters. The van der Waals surface area contributed by atoms with Crippen molar-refractivity contribution in [2.24, 2.45) is 0 Å². The van der Waals surface area contributed by atoms with E-state index in [1.807, 2.05) is 36.4 Å². The van der Waals surface area contributed by atoms with Crippen LogP contribution in [0.15, 0.2) is 60.8 Å². The number of halogens is 1. The first-order chi connectivity index (χ1) is 14.6. The third kappa shape index (κ3) is 3.39. The third-order valence-electron chi connectivity index (χ3n) is 5.50. The van der Waals surface area contributed by atoms with Crippen LogP contribution in [0, 0.1) is 0 Å². The summed E-state index contributed by atoms with van der Waals surface area (Å²) in [7, 11) is 0. The Labute approximate surface area is 179 Å². The molecule has 0 saturated carbocycles. The molecule has 6 nitrogen and oxygen atoms in total. The standard InChI is InChI=1S/C23H19ClN4O2/c24-19-7-5-15(6-8-19)12-28-20-9-18(10-25-22(20)26-11-21(28)29)23(30)27-13-16-3-1-2-4-17(16)14-27/h1-10H,11-14H2,(H,25,26). The van der Waals surface area contributed by atoms with E-state index in [4.69, 9.17) is 11.6 Å². The Kier molecular flexibility index (Phi) is 4.64. The molecule has 1 aromatic heterocycles. The summed E-state index contributed by atoms with van der Waals surface area (Å²) in [5.74, 6) is 0.438. The molecule has 0 atom stereocenters. The lowest BCUT2D eigenvalue weighted by molar-refractivity contribution is -0.117. The van der Waals surface area contributed by atoms with Gasteiger partial charge in [-0.05, 0) is 34.9 Å². The molecule has 0 bridgehead atoms. The molecule has 150 valence electrons. The summed E-state index contributed by atoms with van der Waals surface area (Å²) in [5, 5.41) is 3.68. The van der Waals surface area contributed by atoms with E-state index >= 15 is 0 Å². The number of hydrogen-bond donors (Lipinski definition) is 1. The predicted molar refractivity (Wildman–Crippen MR) is 115 cm³/mol. The Bertz CT molecular complexity index is 1120. The van der Waals surface area contributed by atoms with Crippen LogP contribution in [0.2, 0.25) is 5.02 Å². The highest BCUT2D eigenvalue weighted by molar-refractivity contribution is 6.30. The van der Waals surface area contributed by atoms with E-state index in [0.29, 0.717) is 41.7 Å². The molecule has 2 amide bonds. The Morgan fingerprint density at radius 1 is 1.07 bits per heavy atom. The molecule has 2 aliphatic rings. The largest absolute Gasteiger partial charge is 0.359 e. The molecule has 0 fully saturated rings. The van der Waals surface area contributed by atoms with Crippen molar-refractivity contribution < 1.29 is 9.59 Å². The zero-order valence-corrected chi connectivity index (χ0v) is 16.9. The van der Waals surface area contributed by atoms with E-state index in [-0.39, 0.29) is 18.4 Å². The molecule has 0 spiro atoms. The smallest absolute Gasteiger partial charge is 0.256 e. The van der Waals surface area contributed by atoms with Gasteiger partial charge in [-0.1, -0.05) is 48.0 Å². The van der Waals surface area contributed by atoms with Crippen molar-refractivity contribution in [3.05, 3.63) is 88.1 Å². The Balaban J connectivity index is 1.43. The molecule has 0 saturated heterocycles. The molecule has 2 aliphatic heterocycles. The number of aromatic nitrogens is 1. The molecule has 30 heavy (non-hydrogen) atoms. The first-order valence-corrected chi connectivity index (χ1v) is 10.1. The van der Waals surface area contributed by atoms with Crippen molar-refractivity contribution in [1.82, 2.24) is 9.88 Å². The van der Waals surface area contributed by atoms with Crippen LogP contribution in [0.25, 0.3) is 0 Å². The number of pyridine rings is 1. The highest BCUT2D eigenvalue weighted by Crippen LogP contribution is 2.31. The lowest BCUT2D eigenvalue weighted by Gasteiger charge is -2.30. The maximum Gasteiger partial charge on any atom is 0.256 e. The van der Waals surface area contributed by atoms with Gasteiger partial charge in [0.1, 0.15) is 0 Å². The monoisotopic (exact) mass is 418 g/mol. The molecule has 5 rings (SSSR count). The first kappa shape index (κ1) is 18.6. The normalized spacial score (nSPS) is 14.9. The summed E-state index contributed by atoms with van der Waals surface area (Å²) in [6.45, 7) is 1.72. The second-order valence-electron chi connectivity index (χ2n) is 7.48. The van der Waals surface area contributed by atoms with Crippen LogP contribution in [0.3, 0.4) is 0 Å². The Morgan fingerprint density at radius 3 is 2.47 bits per heavy atom. The summed E-state index contributed by atoms with van der Waals surface area (Å²) in [5.41, 5.74) is 4.37. The van der Waals surface area contributed by atoms with E-state index in [2.05, 4.69) is 10.3 Å². The minimum absolute atomic E-state index is 0.0718. The van der Waals surface area contributed by atoms with Gasteiger partial charge in [0.05, 0.1) is 24.3 Å². The molecular weight excluding hydrogens is 400 g/mol. The summed E-state index contributed by atoms with van der Waals surface area (Å²) < 4.78 is 0. The molecular formula is C23H19ClN4O2. The van der Waals surface area contributed by atoms with E-state index in [0.717, 1.165) is 16.7 Å². The van der Waals surface area contributed by atoms with Crippen molar-refractivity contribution >= 4 is 34.9 Å². The average Bonchev–Trinajstić information content (AvgIpc) is 3.20. The molecule has 7 heteroatoms. The molecule has 1 N–H and O–H groups in total. The quantitative estimate of drug-likeness (QED) is 0.701. The van der Waals surface area contributed by atoms with Gasteiger partial charge in [0, 0.05) is 24.3 Å². The summed E-state index contributed by atoms with van der Waals surface area (Å²) in [4.78, 5) is 33.7. The number of fused-ring (bicyclic) bond motifs is 2. The van der Waals surface area contributed by atoms with Crippen molar-refractivity contribution in [3.8, 4) is 0 Å². The van der Waals surface area contributed by atoms with Gasteiger partial charge in [-0.2, -0.15) is 0 Å². The van der Waals surface area contributed by atoms with Crippen molar-refractivity contribution in [1.29, 1.82) is 0 Å². The maximum absolute atomic E-state index is 13.1. The molecule has 3 heterocycles. The molecule has 2 aromatic carbocycles. The van der Waals surface area contributed by atoms with Crippen LogP contribution in [0.4, 0.5) is 11.5 Å². The maximum atomic E-state index is 13.1. The van der Waals surface area contributed by atoms with Gasteiger partial charge in [0.15, 0.2) is 5.82 Å². The fraction of sp³-hybridized carbons (Fsp3) is 0.174.